The van der Waals surface area contributed by atoms with E-state index in [-0.39, 0.29) is 30.5 Å². The molecule has 12 heteroatoms. The van der Waals surface area contributed by atoms with Crippen LogP contribution in [0.2, 0.25) is 10.0 Å². The molecule has 0 saturated carbocycles. The summed E-state index contributed by atoms with van der Waals surface area (Å²) in [6.45, 7) is 0. The number of benzene rings is 2. The fraction of sp³-hybridized carbons (Fsp3) is 0. The van der Waals surface area contributed by atoms with Crippen molar-refractivity contribution in [1.29, 1.82) is 0 Å². The number of nitrogens with one attached hydrogen (secondary N) is 1. The van der Waals surface area contributed by atoms with Crippen molar-refractivity contribution < 1.29 is 18.1 Å². The molecule has 3 rings (SSSR count). The smallest absolute Gasteiger partial charge is 0.269 e. The number of nitro groups is 1. The fourth-order valence-corrected chi connectivity index (χ4v) is 4.94. The van der Waals surface area contributed by atoms with Crippen molar-refractivity contribution >= 4 is 61.1 Å². The van der Waals surface area contributed by atoms with E-state index in [0.29, 0.717) is 5.02 Å². The van der Waals surface area contributed by atoms with Gasteiger partial charge in [0.15, 0.2) is 5.13 Å². The molecule has 0 unspecified atom stereocenters. The molecule has 144 valence electrons. The first kappa shape index (κ1) is 20.2. The van der Waals surface area contributed by atoms with Crippen LogP contribution in [-0.4, -0.2) is 24.2 Å². The maximum atomic E-state index is 12.6. The van der Waals surface area contributed by atoms with Crippen LogP contribution in [0.1, 0.15) is 10.4 Å². The van der Waals surface area contributed by atoms with E-state index in [1.165, 1.54) is 18.2 Å². The van der Waals surface area contributed by atoms with Gasteiger partial charge in [0.1, 0.15) is 4.21 Å². The number of hydrogen-bond donors (Lipinski definition) is 1. The van der Waals surface area contributed by atoms with Crippen LogP contribution in [0.3, 0.4) is 0 Å². The van der Waals surface area contributed by atoms with Gasteiger partial charge in [0.25, 0.3) is 11.6 Å². The normalized spacial score (nSPS) is 11.2. The summed E-state index contributed by atoms with van der Waals surface area (Å²) in [6.07, 6.45) is 1.09. The van der Waals surface area contributed by atoms with E-state index in [0.717, 1.165) is 41.8 Å². The van der Waals surface area contributed by atoms with Gasteiger partial charge in [0.05, 0.1) is 26.6 Å². The van der Waals surface area contributed by atoms with Gasteiger partial charge in [-0.2, -0.15) is 0 Å². The Hall–Kier alpha value is -2.53. The third-order valence-corrected chi connectivity index (χ3v) is 7.21. The molecule has 1 N–H and O–H groups in total. The fourth-order valence-electron chi connectivity index (χ4n) is 2.14. The summed E-state index contributed by atoms with van der Waals surface area (Å²) in [5.41, 5.74) is -0.112. The van der Waals surface area contributed by atoms with Crippen LogP contribution in [0.25, 0.3) is 0 Å². The molecule has 0 bridgehead atoms. The minimum absolute atomic E-state index is 0.0431. The highest BCUT2D eigenvalue weighted by Gasteiger charge is 2.23. The van der Waals surface area contributed by atoms with Crippen LogP contribution >= 0.6 is 34.5 Å². The molecule has 3 aromatic rings. The summed E-state index contributed by atoms with van der Waals surface area (Å²) >= 11 is 12.6. The van der Waals surface area contributed by atoms with E-state index in [4.69, 9.17) is 23.2 Å². The molecule has 28 heavy (non-hydrogen) atoms. The second-order valence-corrected chi connectivity index (χ2v) is 9.37. The van der Waals surface area contributed by atoms with E-state index < -0.39 is 20.7 Å². The average Bonchev–Trinajstić information content (AvgIpc) is 3.13. The second-order valence-electron chi connectivity index (χ2n) is 5.32. The number of non-ortho nitro benzene ring substituents is 1. The van der Waals surface area contributed by atoms with Crippen LogP contribution in [0.4, 0.5) is 10.8 Å². The van der Waals surface area contributed by atoms with Crippen molar-refractivity contribution in [2.75, 3.05) is 5.32 Å². The first-order valence-electron chi connectivity index (χ1n) is 7.40. The number of rotatable bonds is 5. The predicted molar refractivity (Wildman–Crippen MR) is 105 cm³/mol. The largest absolute Gasteiger partial charge is 0.298 e. The van der Waals surface area contributed by atoms with Crippen molar-refractivity contribution in [3.8, 4) is 0 Å². The molecule has 0 spiro atoms. The minimum atomic E-state index is -3.94. The zero-order valence-corrected chi connectivity index (χ0v) is 16.8. The summed E-state index contributed by atoms with van der Waals surface area (Å²) in [5.74, 6) is -0.596. The molecule has 1 aromatic heterocycles. The van der Waals surface area contributed by atoms with Crippen LogP contribution < -0.4 is 5.32 Å². The number of nitrogens with zero attached hydrogens (tertiary/aromatic N) is 2. The number of amides is 1. The van der Waals surface area contributed by atoms with Crippen molar-refractivity contribution in [2.24, 2.45) is 0 Å². The van der Waals surface area contributed by atoms with Crippen LogP contribution in [0.15, 0.2) is 57.8 Å². The summed E-state index contributed by atoms with van der Waals surface area (Å²) in [5, 5.41) is 13.7. The summed E-state index contributed by atoms with van der Waals surface area (Å²) in [7, 11) is -3.94. The van der Waals surface area contributed by atoms with Gasteiger partial charge < -0.3 is 0 Å². The van der Waals surface area contributed by atoms with E-state index in [1.54, 1.807) is 0 Å². The average molecular weight is 458 g/mol. The number of sulfone groups is 1. The molecule has 0 radical (unpaired) electrons. The zero-order chi connectivity index (χ0) is 20.5. The van der Waals surface area contributed by atoms with Crippen molar-refractivity contribution in [3.63, 3.8) is 0 Å². The molecule has 0 aliphatic heterocycles. The Morgan fingerprint density at radius 2 is 1.82 bits per heavy atom. The van der Waals surface area contributed by atoms with Crippen molar-refractivity contribution in [3.05, 3.63) is 74.4 Å². The molecule has 0 fully saturated rings. The van der Waals surface area contributed by atoms with Gasteiger partial charge in [-0.3, -0.25) is 20.2 Å². The number of aromatic nitrogens is 1. The molecule has 0 aliphatic carbocycles. The molecule has 0 saturated heterocycles. The van der Waals surface area contributed by atoms with E-state index >= 15 is 0 Å². The lowest BCUT2D eigenvalue weighted by Gasteiger charge is -2.04. The van der Waals surface area contributed by atoms with Crippen LogP contribution in [0.5, 0.6) is 0 Å². The van der Waals surface area contributed by atoms with Gasteiger partial charge in [-0.05, 0) is 30.3 Å². The van der Waals surface area contributed by atoms with Crippen molar-refractivity contribution in [1.82, 2.24) is 4.98 Å². The van der Waals surface area contributed by atoms with Gasteiger partial charge in [-0.15, -0.1) is 0 Å². The number of carbonyl (C=O) groups excluding carboxylic acids is 1. The monoisotopic (exact) mass is 457 g/mol. The standard InChI is InChI=1S/C16H9Cl2N3O5S2/c17-9-1-6-13(18)12(7-9)15(22)20-16-19-8-14(27-16)28(25,26)11-4-2-10(3-5-11)21(23)24/h1-8H,(H,19,20,22). The molecule has 0 aliphatic rings. The predicted octanol–water partition coefficient (Wildman–Crippen LogP) is 4.44. The molecule has 1 heterocycles. The molecular formula is C16H9Cl2N3O5S2. The van der Waals surface area contributed by atoms with Gasteiger partial charge in [-0.1, -0.05) is 34.5 Å². The van der Waals surface area contributed by atoms with Crippen molar-refractivity contribution in [2.45, 2.75) is 9.10 Å². The number of thiazole rings is 1. The van der Waals surface area contributed by atoms with E-state index in [2.05, 4.69) is 10.3 Å². The lowest BCUT2D eigenvalue weighted by molar-refractivity contribution is -0.384. The highest BCUT2D eigenvalue weighted by molar-refractivity contribution is 7.93. The zero-order valence-electron chi connectivity index (χ0n) is 13.6. The number of anilines is 1. The summed E-state index contributed by atoms with van der Waals surface area (Å²) in [6, 6.07) is 8.83. The Labute approximate surface area is 172 Å². The lowest BCUT2D eigenvalue weighted by Crippen LogP contribution is -2.12. The number of hydrogen-bond acceptors (Lipinski definition) is 7. The van der Waals surface area contributed by atoms with Gasteiger partial charge in [-0.25, -0.2) is 13.4 Å². The van der Waals surface area contributed by atoms with Gasteiger partial charge >= 0.3 is 0 Å². The first-order chi connectivity index (χ1) is 13.2. The van der Waals surface area contributed by atoms with E-state index in [9.17, 15) is 23.3 Å². The molecule has 1 amide bonds. The maximum absolute atomic E-state index is 12.6. The Balaban J connectivity index is 1.84. The summed E-state index contributed by atoms with van der Waals surface area (Å²) < 4.78 is 25.1. The Bertz CT molecular complexity index is 1180. The molecule has 8 nitrogen and oxygen atoms in total. The Kier molecular flexibility index (Phi) is 5.66. The third kappa shape index (κ3) is 4.14. The molecular weight excluding hydrogens is 449 g/mol. The first-order valence-corrected chi connectivity index (χ1v) is 10.5. The van der Waals surface area contributed by atoms with Crippen LogP contribution in [0, 0.1) is 10.1 Å². The third-order valence-electron chi connectivity index (χ3n) is 3.50. The topological polar surface area (TPSA) is 119 Å². The highest BCUT2D eigenvalue weighted by atomic mass is 35.5. The van der Waals surface area contributed by atoms with Crippen LogP contribution in [-0.2, 0) is 9.84 Å². The quantitative estimate of drug-likeness (QED) is 0.446. The maximum Gasteiger partial charge on any atom is 0.269 e. The second kappa shape index (κ2) is 7.84. The number of nitro benzene ring substituents is 1. The van der Waals surface area contributed by atoms with Gasteiger partial charge in [0, 0.05) is 17.2 Å². The highest BCUT2D eigenvalue weighted by Crippen LogP contribution is 2.30. The Morgan fingerprint density at radius 3 is 2.46 bits per heavy atom. The molecule has 0 atom stereocenters. The lowest BCUT2D eigenvalue weighted by atomic mass is 10.2. The number of halogens is 2. The Morgan fingerprint density at radius 1 is 1.14 bits per heavy atom. The SMILES string of the molecule is O=C(Nc1ncc(S(=O)(=O)c2ccc([N+](=O)[O-])cc2)s1)c1cc(Cl)ccc1Cl. The van der Waals surface area contributed by atoms with Gasteiger partial charge in [0.2, 0.25) is 9.84 Å². The molecule has 2 aromatic carbocycles. The van der Waals surface area contributed by atoms with E-state index in [1.807, 2.05) is 0 Å². The summed E-state index contributed by atoms with van der Waals surface area (Å²) in [4.78, 5) is 26.1. The number of carbonyl (C=O) groups is 1. The minimum Gasteiger partial charge on any atom is -0.298 e.